The molecule has 0 amide bonds. The molecule has 1 aromatic carbocycles. The lowest BCUT2D eigenvalue weighted by molar-refractivity contribution is 0.312. The molecule has 0 spiro atoms. The van der Waals surface area contributed by atoms with E-state index >= 15 is 0 Å². The van der Waals surface area contributed by atoms with Gasteiger partial charge in [-0.15, -0.1) is 0 Å². The number of aromatic nitrogens is 1. The first-order valence-corrected chi connectivity index (χ1v) is 8.89. The molecule has 0 bridgehead atoms. The van der Waals surface area contributed by atoms with E-state index in [1.165, 1.54) is 6.07 Å². The number of piperazine rings is 1. The molecule has 4 rings (SSSR count). The second-order valence-electron chi connectivity index (χ2n) is 7.09. The first-order chi connectivity index (χ1) is 11.6. The van der Waals surface area contributed by atoms with Crippen molar-refractivity contribution in [1.82, 2.24) is 9.47 Å². The van der Waals surface area contributed by atoms with Gasteiger partial charge in [0.25, 0.3) is 0 Å². The number of hydrogen-bond acceptors (Lipinski definition) is 3. The number of halogens is 1. The molecular formula is C19H24FN3O. The van der Waals surface area contributed by atoms with Crippen molar-refractivity contribution in [3.8, 4) is 0 Å². The van der Waals surface area contributed by atoms with Gasteiger partial charge < -0.3 is 14.4 Å². The molecule has 1 saturated carbocycles. The summed E-state index contributed by atoms with van der Waals surface area (Å²) in [7, 11) is 2.09. The van der Waals surface area contributed by atoms with Gasteiger partial charge in [0.05, 0.1) is 11.2 Å². The topological polar surface area (TPSA) is 28.5 Å². The van der Waals surface area contributed by atoms with Gasteiger partial charge in [-0.2, -0.15) is 0 Å². The van der Waals surface area contributed by atoms with Crippen LogP contribution in [0.3, 0.4) is 0 Å². The fraction of sp³-hybridized carbons (Fsp3) is 0.526. The first kappa shape index (κ1) is 15.6. The van der Waals surface area contributed by atoms with Crippen LogP contribution in [0, 0.1) is 5.82 Å². The Morgan fingerprint density at radius 2 is 1.88 bits per heavy atom. The number of rotatable bonds is 3. The van der Waals surface area contributed by atoms with Crippen molar-refractivity contribution in [2.24, 2.45) is 0 Å². The van der Waals surface area contributed by atoms with Crippen LogP contribution < -0.4 is 10.3 Å². The minimum atomic E-state index is -0.278. The van der Waals surface area contributed by atoms with Gasteiger partial charge in [0.1, 0.15) is 5.82 Å². The number of nitrogens with zero attached hydrogens (tertiary/aromatic N) is 3. The number of likely N-dealkylation sites (N-methyl/N-ethyl adjacent to an activating group) is 1. The van der Waals surface area contributed by atoms with Crippen molar-refractivity contribution in [2.75, 3.05) is 38.1 Å². The van der Waals surface area contributed by atoms with Crippen molar-refractivity contribution in [3.63, 3.8) is 0 Å². The van der Waals surface area contributed by atoms with E-state index in [-0.39, 0.29) is 11.2 Å². The van der Waals surface area contributed by atoms with Crippen LogP contribution in [0.15, 0.2) is 23.1 Å². The van der Waals surface area contributed by atoms with E-state index in [0.717, 1.165) is 50.1 Å². The standard InChI is InChI=1S/C19H24FN3O/c1-3-13-12-23(14-4-5-14)17-11-18(16(20)10-15(17)19(13)24)22-8-6-21(2)7-9-22/h10-12,14H,3-9H2,1-2H3. The molecule has 1 aromatic heterocycles. The van der Waals surface area contributed by atoms with E-state index in [2.05, 4.69) is 21.4 Å². The molecule has 128 valence electrons. The van der Waals surface area contributed by atoms with Crippen molar-refractivity contribution >= 4 is 16.6 Å². The van der Waals surface area contributed by atoms with Gasteiger partial charge in [-0.3, -0.25) is 4.79 Å². The van der Waals surface area contributed by atoms with E-state index in [4.69, 9.17) is 0 Å². The van der Waals surface area contributed by atoms with Gasteiger partial charge in [-0.1, -0.05) is 6.92 Å². The average Bonchev–Trinajstić information content (AvgIpc) is 3.41. The largest absolute Gasteiger partial charge is 0.367 e. The summed E-state index contributed by atoms with van der Waals surface area (Å²) < 4.78 is 17.0. The maximum Gasteiger partial charge on any atom is 0.192 e. The zero-order valence-electron chi connectivity index (χ0n) is 14.4. The van der Waals surface area contributed by atoms with Gasteiger partial charge >= 0.3 is 0 Å². The molecule has 2 heterocycles. The molecule has 0 N–H and O–H groups in total. The molecule has 1 aliphatic heterocycles. The highest BCUT2D eigenvalue weighted by molar-refractivity contribution is 5.84. The summed E-state index contributed by atoms with van der Waals surface area (Å²) in [6, 6.07) is 3.82. The monoisotopic (exact) mass is 329 g/mol. The highest BCUT2D eigenvalue weighted by atomic mass is 19.1. The molecule has 0 unspecified atom stereocenters. The first-order valence-electron chi connectivity index (χ1n) is 8.89. The maximum absolute atomic E-state index is 14.8. The van der Waals surface area contributed by atoms with Crippen LogP contribution >= 0.6 is 0 Å². The summed E-state index contributed by atoms with van der Waals surface area (Å²) in [5, 5.41) is 0.525. The van der Waals surface area contributed by atoms with Gasteiger partial charge in [-0.05, 0) is 38.4 Å². The minimum absolute atomic E-state index is 0.0202. The number of fused-ring (bicyclic) bond motifs is 1. The lowest BCUT2D eigenvalue weighted by Gasteiger charge is -2.34. The molecule has 5 heteroatoms. The van der Waals surface area contributed by atoms with E-state index in [1.54, 1.807) is 0 Å². The molecule has 2 fully saturated rings. The Hall–Kier alpha value is -1.88. The van der Waals surface area contributed by atoms with E-state index in [9.17, 15) is 9.18 Å². The summed E-state index contributed by atoms with van der Waals surface area (Å²) in [6.45, 7) is 5.48. The number of aryl methyl sites for hydroxylation is 1. The number of benzene rings is 1. The zero-order chi connectivity index (χ0) is 16.8. The Morgan fingerprint density at radius 3 is 2.50 bits per heavy atom. The van der Waals surface area contributed by atoms with Crippen LogP contribution in [0.2, 0.25) is 0 Å². The molecule has 0 radical (unpaired) electrons. The SMILES string of the molecule is CCc1cn(C2CC2)c2cc(N3CCN(C)CC3)c(F)cc2c1=O. The predicted octanol–water partition coefficient (Wildman–Crippen LogP) is 2.79. The highest BCUT2D eigenvalue weighted by Crippen LogP contribution is 2.38. The zero-order valence-corrected chi connectivity index (χ0v) is 14.4. The predicted molar refractivity (Wildman–Crippen MR) is 95.5 cm³/mol. The quantitative estimate of drug-likeness (QED) is 0.867. The van der Waals surface area contributed by atoms with Crippen molar-refractivity contribution in [2.45, 2.75) is 32.2 Å². The molecule has 2 aromatic rings. The summed E-state index contributed by atoms with van der Waals surface area (Å²) in [4.78, 5) is 17.0. The van der Waals surface area contributed by atoms with Gasteiger partial charge in [0.2, 0.25) is 0 Å². The molecule has 2 aliphatic rings. The summed E-state index contributed by atoms with van der Waals surface area (Å²) in [5.41, 5.74) is 2.28. The van der Waals surface area contributed by atoms with Crippen LogP contribution in [-0.4, -0.2) is 42.7 Å². The third-order valence-corrected chi connectivity index (χ3v) is 5.34. The van der Waals surface area contributed by atoms with Crippen LogP contribution in [0.25, 0.3) is 10.9 Å². The van der Waals surface area contributed by atoms with Crippen LogP contribution in [0.4, 0.5) is 10.1 Å². The fourth-order valence-electron chi connectivity index (χ4n) is 3.61. The van der Waals surface area contributed by atoms with Gasteiger partial charge in [0, 0.05) is 49.4 Å². The number of hydrogen-bond donors (Lipinski definition) is 0. The summed E-state index contributed by atoms with van der Waals surface area (Å²) >= 11 is 0. The Morgan fingerprint density at radius 1 is 1.17 bits per heavy atom. The average molecular weight is 329 g/mol. The van der Waals surface area contributed by atoms with Crippen molar-refractivity contribution in [3.05, 3.63) is 39.9 Å². The van der Waals surface area contributed by atoms with E-state index in [1.807, 2.05) is 19.2 Å². The summed E-state index contributed by atoms with van der Waals surface area (Å²) in [6.07, 6.45) is 4.96. The molecule has 1 aliphatic carbocycles. The third kappa shape index (κ3) is 2.61. The second-order valence-corrected chi connectivity index (χ2v) is 7.09. The normalized spacial score (nSPS) is 19.2. The van der Waals surface area contributed by atoms with Crippen LogP contribution in [0.1, 0.15) is 31.4 Å². The molecule has 0 atom stereocenters. The molecular weight excluding hydrogens is 305 g/mol. The lowest BCUT2D eigenvalue weighted by atomic mass is 10.1. The van der Waals surface area contributed by atoms with E-state index < -0.39 is 0 Å². The Bertz CT molecular complexity index is 833. The van der Waals surface area contributed by atoms with Gasteiger partial charge in [0.15, 0.2) is 5.43 Å². The van der Waals surface area contributed by atoms with Crippen LogP contribution in [-0.2, 0) is 6.42 Å². The highest BCUT2D eigenvalue weighted by Gasteiger charge is 2.27. The van der Waals surface area contributed by atoms with Gasteiger partial charge in [-0.25, -0.2) is 4.39 Å². The lowest BCUT2D eigenvalue weighted by Crippen LogP contribution is -2.44. The number of anilines is 1. The minimum Gasteiger partial charge on any atom is -0.367 e. The molecule has 24 heavy (non-hydrogen) atoms. The number of pyridine rings is 1. The molecule has 1 saturated heterocycles. The van der Waals surface area contributed by atoms with Crippen molar-refractivity contribution < 1.29 is 4.39 Å². The Labute approximate surface area is 141 Å². The Balaban J connectivity index is 1.87. The van der Waals surface area contributed by atoms with Crippen LogP contribution in [0.5, 0.6) is 0 Å². The van der Waals surface area contributed by atoms with E-state index in [0.29, 0.717) is 23.5 Å². The smallest absolute Gasteiger partial charge is 0.192 e. The fourth-order valence-corrected chi connectivity index (χ4v) is 3.61. The second kappa shape index (κ2) is 5.88. The molecule has 4 nitrogen and oxygen atoms in total. The third-order valence-electron chi connectivity index (χ3n) is 5.34. The summed E-state index contributed by atoms with van der Waals surface area (Å²) in [5.74, 6) is -0.278. The Kier molecular flexibility index (Phi) is 3.83. The van der Waals surface area contributed by atoms with Crippen molar-refractivity contribution in [1.29, 1.82) is 0 Å². The maximum atomic E-state index is 14.8.